The van der Waals surface area contributed by atoms with Crippen molar-refractivity contribution in [3.63, 3.8) is 0 Å². The Balaban J connectivity index is 1.89. The van der Waals surface area contributed by atoms with Crippen LogP contribution in [-0.4, -0.2) is 54.7 Å². The Kier molecular flexibility index (Phi) is 5.24. The van der Waals surface area contributed by atoms with Crippen molar-refractivity contribution >= 4 is 6.09 Å². The van der Waals surface area contributed by atoms with E-state index in [4.69, 9.17) is 4.74 Å². The summed E-state index contributed by atoms with van der Waals surface area (Å²) < 4.78 is 5.04. The molecular formula is C15H25N3O2. The number of ether oxygens (including phenoxy) is 1. The van der Waals surface area contributed by atoms with E-state index in [1.165, 1.54) is 0 Å². The second-order valence-electron chi connectivity index (χ2n) is 5.94. The summed E-state index contributed by atoms with van der Waals surface area (Å²) >= 11 is 0. The van der Waals surface area contributed by atoms with Crippen molar-refractivity contribution in [2.24, 2.45) is 11.8 Å². The Labute approximate surface area is 121 Å². The van der Waals surface area contributed by atoms with E-state index in [-0.39, 0.29) is 12.0 Å². The van der Waals surface area contributed by atoms with Crippen molar-refractivity contribution in [1.29, 1.82) is 5.26 Å². The van der Waals surface area contributed by atoms with E-state index in [1.54, 1.807) is 4.90 Å². The molecule has 1 aliphatic heterocycles. The quantitative estimate of drug-likeness (QED) is 0.776. The molecule has 0 spiro atoms. The molecule has 0 aromatic heterocycles. The standard InChI is InChI=1S/C15H25N3O2/c1-3-20-15(19)18-8-6-17(7-9-18)14-10-12(2)4-5-13(14)11-16/h12-14H,3-10H2,1-2H3. The predicted molar refractivity (Wildman–Crippen MR) is 76.1 cm³/mol. The van der Waals surface area contributed by atoms with Crippen LogP contribution in [0.2, 0.25) is 0 Å². The molecule has 0 radical (unpaired) electrons. The van der Waals surface area contributed by atoms with Crippen molar-refractivity contribution in [3.8, 4) is 6.07 Å². The fraction of sp³-hybridized carbons (Fsp3) is 0.867. The van der Waals surface area contributed by atoms with Crippen molar-refractivity contribution < 1.29 is 9.53 Å². The summed E-state index contributed by atoms with van der Waals surface area (Å²) in [4.78, 5) is 15.9. The molecule has 20 heavy (non-hydrogen) atoms. The first-order chi connectivity index (χ1) is 9.65. The Morgan fingerprint density at radius 2 is 2.00 bits per heavy atom. The highest BCUT2D eigenvalue weighted by molar-refractivity contribution is 5.67. The number of piperazine rings is 1. The van der Waals surface area contributed by atoms with Crippen molar-refractivity contribution in [3.05, 3.63) is 0 Å². The molecule has 1 amide bonds. The van der Waals surface area contributed by atoms with Crippen LogP contribution in [0.3, 0.4) is 0 Å². The largest absolute Gasteiger partial charge is 0.450 e. The lowest BCUT2D eigenvalue weighted by Crippen LogP contribution is -2.54. The van der Waals surface area contributed by atoms with Gasteiger partial charge in [0.2, 0.25) is 0 Å². The molecule has 5 heteroatoms. The molecule has 3 atom stereocenters. The molecule has 0 aromatic rings. The van der Waals surface area contributed by atoms with E-state index in [2.05, 4.69) is 17.9 Å². The highest BCUT2D eigenvalue weighted by atomic mass is 16.6. The zero-order valence-corrected chi connectivity index (χ0v) is 12.5. The maximum absolute atomic E-state index is 11.7. The van der Waals surface area contributed by atoms with Crippen LogP contribution in [0.1, 0.15) is 33.1 Å². The lowest BCUT2D eigenvalue weighted by atomic mass is 9.79. The first-order valence-corrected chi connectivity index (χ1v) is 7.71. The Bertz CT molecular complexity index is 372. The van der Waals surface area contributed by atoms with Crippen LogP contribution in [0.15, 0.2) is 0 Å². The van der Waals surface area contributed by atoms with Gasteiger partial charge in [-0.3, -0.25) is 4.90 Å². The van der Waals surface area contributed by atoms with Gasteiger partial charge in [-0.25, -0.2) is 4.79 Å². The minimum absolute atomic E-state index is 0.153. The summed E-state index contributed by atoms with van der Waals surface area (Å²) in [6.07, 6.45) is 3.08. The summed E-state index contributed by atoms with van der Waals surface area (Å²) in [6, 6.07) is 2.85. The number of carbonyl (C=O) groups is 1. The van der Waals surface area contributed by atoms with Crippen LogP contribution < -0.4 is 0 Å². The lowest BCUT2D eigenvalue weighted by molar-refractivity contribution is 0.0417. The van der Waals surface area contributed by atoms with E-state index in [0.29, 0.717) is 31.7 Å². The van der Waals surface area contributed by atoms with E-state index < -0.39 is 0 Å². The predicted octanol–water partition coefficient (Wildman–Crippen LogP) is 2.09. The summed E-state index contributed by atoms with van der Waals surface area (Å²) in [7, 11) is 0. The van der Waals surface area contributed by atoms with E-state index >= 15 is 0 Å². The SMILES string of the molecule is CCOC(=O)N1CCN(C2CC(C)CCC2C#N)CC1. The second kappa shape index (κ2) is 6.94. The molecule has 5 nitrogen and oxygen atoms in total. The van der Waals surface area contributed by atoms with E-state index in [0.717, 1.165) is 32.4 Å². The fourth-order valence-corrected chi connectivity index (χ4v) is 3.36. The molecular weight excluding hydrogens is 254 g/mol. The number of rotatable bonds is 2. The van der Waals surface area contributed by atoms with Gasteiger partial charge in [0.05, 0.1) is 18.6 Å². The Morgan fingerprint density at radius 3 is 2.60 bits per heavy atom. The van der Waals surface area contributed by atoms with Crippen LogP contribution >= 0.6 is 0 Å². The number of amides is 1. The average Bonchev–Trinajstić information content (AvgIpc) is 2.47. The molecule has 1 saturated heterocycles. The molecule has 2 aliphatic rings. The van der Waals surface area contributed by atoms with Gasteiger partial charge in [-0.05, 0) is 32.1 Å². The molecule has 1 saturated carbocycles. The zero-order chi connectivity index (χ0) is 14.5. The lowest BCUT2D eigenvalue weighted by Gasteiger charge is -2.43. The maximum Gasteiger partial charge on any atom is 0.409 e. The summed E-state index contributed by atoms with van der Waals surface area (Å²) in [5.41, 5.74) is 0. The van der Waals surface area contributed by atoms with Crippen LogP contribution in [0, 0.1) is 23.2 Å². The molecule has 2 rings (SSSR count). The van der Waals surface area contributed by atoms with Gasteiger partial charge in [-0.1, -0.05) is 6.92 Å². The molecule has 0 bridgehead atoms. The fourth-order valence-electron chi connectivity index (χ4n) is 3.36. The molecule has 1 aliphatic carbocycles. The van der Waals surface area contributed by atoms with Gasteiger partial charge in [0.25, 0.3) is 0 Å². The number of nitriles is 1. The third-order valence-corrected chi connectivity index (χ3v) is 4.55. The third kappa shape index (κ3) is 3.43. The smallest absolute Gasteiger partial charge is 0.409 e. The van der Waals surface area contributed by atoms with Crippen LogP contribution in [0.4, 0.5) is 4.79 Å². The zero-order valence-electron chi connectivity index (χ0n) is 12.5. The minimum Gasteiger partial charge on any atom is -0.450 e. The topological polar surface area (TPSA) is 56.6 Å². The summed E-state index contributed by atoms with van der Waals surface area (Å²) in [6.45, 7) is 7.66. The average molecular weight is 279 g/mol. The Hall–Kier alpha value is -1.28. The monoisotopic (exact) mass is 279 g/mol. The second-order valence-corrected chi connectivity index (χ2v) is 5.94. The van der Waals surface area contributed by atoms with Gasteiger partial charge in [0, 0.05) is 32.2 Å². The van der Waals surface area contributed by atoms with Gasteiger partial charge in [-0.15, -0.1) is 0 Å². The van der Waals surface area contributed by atoms with Gasteiger partial charge in [0.1, 0.15) is 0 Å². The molecule has 2 fully saturated rings. The highest BCUT2D eigenvalue weighted by Crippen LogP contribution is 2.32. The third-order valence-electron chi connectivity index (χ3n) is 4.55. The molecule has 112 valence electrons. The summed E-state index contributed by atoms with van der Waals surface area (Å²) in [5.74, 6) is 0.855. The molecule has 1 heterocycles. The summed E-state index contributed by atoms with van der Waals surface area (Å²) in [5, 5.41) is 9.33. The van der Waals surface area contributed by atoms with Crippen LogP contribution in [-0.2, 0) is 4.74 Å². The van der Waals surface area contributed by atoms with E-state index in [1.807, 2.05) is 6.92 Å². The first-order valence-electron chi connectivity index (χ1n) is 7.71. The van der Waals surface area contributed by atoms with Crippen molar-refractivity contribution in [2.75, 3.05) is 32.8 Å². The normalized spacial score (nSPS) is 31.6. The van der Waals surface area contributed by atoms with Crippen LogP contribution in [0.25, 0.3) is 0 Å². The van der Waals surface area contributed by atoms with Gasteiger partial charge in [-0.2, -0.15) is 5.26 Å². The number of hydrogen-bond acceptors (Lipinski definition) is 4. The minimum atomic E-state index is -0.207. The van der Waals surface area contributed by atoms with Gasteiger partial charge < -0.3 is 9.64 Å². The first kappa shape index (κ1) is 15.1. The van der Waals surface area contributed by atoms with Crippen LogP contribution in [0.5, 0.6) is 0 Å². The molecule has 0 N–H and O–H groups in total. The number of hydrogen-bond donors (Lipinski definition) is 0. The van der Waals surface area contributed by atoms with Crippen molar-refractivity contribution in [1.82, 2.24) is 9.80 Å². The Morgan fingerprint density at radius 1 is 1.30 bits per heavy atom. The number of carbonyl (C=O) groups excluding carboxylic acids is 1. The highest BCUT2D eigenvalue weighted by Gasteiger charge is 2.35. The van der Waals surface area contributed by atoms with E-state index in [9.17, 15) is 10.1 Å². The molecule has 0 aromatic carbocycles. The van der Waals surface area contributed by atoms with Gasteiger partial charge >= 0.3 is 6.09 Å². The maximum atomic E-state index is 11.7. The van der Waals surface area contributed by atoms with Crippen molar-refractivity contribution in [2.45, 2.75) is 39.2 Å². The molecule has 3 unspecified atom stereocenters. The van der Waals surface area contributed by atoms with Gasteiger partial charge in [0.15, 0.2) is 0 Å². The number of nitrogens with zero attached hydrogens (tertiary/aromatic N) is 3.